The lowest BCUT2D eigenvalue weighted by Gasteiger charge is -2.39. The van der Waals surface area contributed by atoms with Crippen LogP contribution in [0.3, 0.4) is 0 Å². The van der Waals surface area contributed by atoms with Gasteiger partial charge in [0.1, 0.15) is 0 Å². The number of anilines is 1. The van der Waals surface area contributed by atoms with Crippen molar-refractivity contribution in [1.29, 1.82) is 0 Å². The molecule has 6 nitrogen and oxygen atoms in total. The molecule has 126 valence electrons. The zero-order valence-electron chi connectivity index (χ0n) is 12.6. The number of hydrogen-bond donors (Lipinski definition) is 2. The Bertz CT molecular complexity index is 500. The number of aromatic nitrogens is 2. The Morgan fingerprint density at radius 1 is 1.55 bits per heavy atom. The molecule has 0 radical (unpaired) electrons. The van der Waals surface area contributed by atoms with Crippen LogP contribution in [0.25, 0.3) is 0 Å². The molecule has 2 N–H and O–H groups in total. The highest BCUT2D eigenvalue weighted by molar-refractivity contribution is 5.73. The van der Waals surface area contributed by atoms with Crippen LogP contribution in [0.2, 0.25) is 0 Å². The number of carboxylic acid groups (broad SMARTS) is 1. The first kappa shape index (κ1) is 18.3. The molecule has 1 atom stereocenters. The average Bonchev–Trinajstić information content (AvgIpc) is 2.77. The van der Waals surface area contributed by atoms with E-state index < -0.39 is 12.1 Å². The summed E-state index contributed by atoms with van der Waals surface area (Å²) in [5.41, 5.74) is 1.28. The highest BCUT2D eigenvalue weighted by Crippen LogP contribution is 2.30. The molecule has 1 aromatic rings. The first-order chi connectivity index (χ1) is 10.0. The maximum absolute atomic E-state index is 10.6. The van der Waals surface area contributed by atoms with Crippen molar-refractivity contribution in [2.24, 2.45) is 12.5 Å². The van der Waals surface area contributed by atoms with Crippen LogP contribution in [0.15, 0.2) is 12.4 Å². The van der Waals surface area contributed by atoms with Gasteiger partial charge >= 0.3 is 12.1 Å². The molecule has 0 spiro atoms. The topological polar surface area (TPSA) is 76.4 Å². The third kappa shape index (κ3) is 5.55. The summed E-state index contributed by atoms with van der Waals surface area (Å²) in [5, 5.41) is 14.8. The van der Waals surface area contributed by atoms with Gasteiger partial charge in [-0.25, -0.2) is 4.79 Å². The normalized spacial score (nSPS) is 20.7. The molecule has 1 aliphatic heterocycles. The largest absolute Gasteiger partial charge is 0.490 e. The first-order valence-corrected chi connectivity index (χ1v) is 6.65. The van der Waals surface area contributed by atoms with Crippen LogP contribution in [0.1, 0.15) is 20.3 Å². The Labute approximate surface area is 126 Å². The van der Waals surface area contributed by atoms with Crippen LogP contribution < -0.4 is 5.32 Å². The molecular formula is C13H20F3N3O3. The number of nitrogens with zero attached hydrogens (tertiary/aromatic N) is 2. The molecule has 1 saturated heterocycles. The number of halogens is 3. The predicted octanol–water partition coefficient (Wildman–Crippen LogP) is 2.28. The van der Waals surface area contributed by atoms with Gasteiger partial charge in [-0.15, -0.1) is 0 Å². The summed E-state index contributed by atoms with van der Waals surface area (Å²) < 4.78 is 39.0. The quantitative estimate of drug-likeness (QED) is 0.873. The third-order valence-electron chi connectivity index (χ3n) is 3.26. The molecule has 1 aromatic heterocycles. The molecule has 22 heavy (non-hydrogen) atoms. The zero-order chi connectivity index (χ0) is 17.0. The van der Waals surface area contributed by atoms with Crippen LogP contribution in [0.5, 0.6) is 0 Å². The summed E-state index contributed by atoms with van der Waals surface area (Å²) in [6.45, 7) is 6.15. The number of carboxylic acids is 1. The van der Waals surface area contributed by atoms with E-state index in [-0.39, 0.29) is 5.41 Å². The van der Waals surface area contributed by atoms with Crippen molar-refractivity contribution in [1.82, 2.24) is 9.78 Å². The van der Waals surface area contributed by atoms with Crippen molar-refractivity contribution in [3.63, 3.8) is 0 Å². The summed E-state index contributed by atoms with van der Waals surface area (Å²) >= 11 is 0. The fraction of sp³-hybridized carbons (Fsp3) is 0.692. The van der Waals surface area contributed by atoms with E-state index in [1.807, 2.05) is 24.1 Å². The van der Waals surface area contributed by atoms with Gasteiger partial charge in [0, 0.05) is 31.3 Å². The van der Waals surface area contributed by atoms with E-state index in [1.54, 1.807) is 0 Å². The number of nitrogens with one attached hydrogen (secondary N) is 1. The Balaban J connectivity index is 0.000000295. The number of hydrogen-bond acceptors (Lipinski definition) is 4. The molecule has 2 rings (SSSR count). The van der Waals surface area contributed by atoms with Crippen molar-refractivity contribution in [2.75, 3.05) is 18.5 Å². The second kappa shape index (κ2) is 6.99. The summed E-state index contributed by atoms with van der Waals surface area (Å²) in [6, 6.07) is 0.468. The summed E-state index contributed by atoms with van der Waals surface area (Å²) in [5.74, 6) is -2.76. The fourth-order valence-electron chi connectivity index (χ4n) is 1.99. The summed E-state index contributed by atoms with van der Waals surface area (Å²) in [7, 11) is 1.93. The van der Waals surface area contributed by atoms with Gasteiger partial charge in [0.25, 0.3) is 0 Å². The summed E-state index contributed by atoms with van der Waals surface area (Å²) in [4.78, 5) is 8.90. The van der Waals surface area contributed by atoms with Gasteiger partial charge < -0.3 is 15.2 Å². The number of ether oxygens (including phenoxy) is 1. The molecule has 0 amide bonds. The minimum Gasteiger partial charge on any atom is -0.475 e. The first-order valence-electron chi connectivity index (χ1n) is 6.65. The van der Waals surface area contributed by atoms with Crippen molar-refractivity contribution in [3.8, 4) is 0 Å². The minimum absolute atomic E-state index is 0.189. The van der Waals surface area contributed by atoms with Crippen molar-refractivity contribution in [2.45, 2.75) is 32.5 Å². The standard InChI is InChI=1S/C11H19N3O.C2HF3O2/c1-11(2)8-15-5-4-10(11)13-9-6-12-14(3)7-9;3-2(4,5)1(6)7/h6-7,10,13H,4-5,8H2,1-3H3;(H,6,7). The lowest BCUT2D eigenvalue weighted by Crippen LogP contribution is -2.44. The van der Waals surface area contributed by atoms with E-state index in [0.29, 0.717) is 6.04 Å². The molecule has 1 unspecified atom stereocenters. The second-order valence-corrected chi connectivity index (χ2v) is 5.73. The summed E-state index contributed by atoms with van der Waals surface area (Å²) in [6.07, 6.45) is -0.154. The third-order valence-corrected chi connectivity index (χ3v) is 3.26. The van der Waals surface area contributed by atoms with Crippen LogP contribution in [0.4, 0.5) is 18.9 Å². The maximum atomic E-state index is 10.6. The molecule has 0 saturated carbocycles. The molecule has 2 heterocycles. The highest BCUT2D eigenvalue weighted by atomic mass is 19.4. The van der Waals surface area contributed by atoms with Gasteiger partial charge in [-0.1, -0.05) is 13.8 Å². The van der Waals surface area contributed by atoms with Crippen LogP contribution in [-0.4, -0.2) is 46.3 Å². The molecule has 9 heteroatoms. The Morgan fingerprint density at radius 2 is 2.14 bits per heavy atom. The van der Waals surface area contributed by atoms with E-state index in [9.17, 15) is 13.2 Å². The molecule has 0 bridgehead atoms. The van der Waals surface area contributed by atoms with Gasteiger partial charge in [0.15, 0.2) is 0 Å². The number of carbonyl (C=O) groups is 1. The predicted molar refractivity (Wildman–Crippen MR) is 73.5 cm³/mol. The van der Waals surface area contributed by atoms with Gasteiger partial charge in [-0.05, 0) is 6.42 Å². The van der Waals surface area contributed by atoms with E-state index >= 15 is 0 Å². The Kier molecular flexibility index (Phi) is 5.81. The SMILES string of the molecule is Cn1cc(NC2CCOCC2(C)C)cn1.O=C(O)C(F)(F)F. The lowest BCUT2D eigenvalue weighted by atomic mass is 9.82. The average molecular weight is 323 g/mol. The molecule has 0 aromatic carbocycles. The molecule has 0 aliphatic carbocycles. The monoisotopic (exact) mass is 323 g/mol. The number of aliphatic carboxylic acids is 1. The van der Waals surface area contributed by atoms with Crippen LogP contribution in [-0.2, 0) is 16.6 Å². The highest BCUT2D eigenvalue weighted by Gasteiger charge is 2.38. The minimum atomic E-state index is -5.08. The van der Waals surface area contributed by atoms with Gasteiger partial charge in [-0.3, -0.25) is 4.68 Å². The number of aryl methyl sites for hydroxylation is 1. The smallest absolute Gasteiger partial charge is 0.475 e. The zero-order valence-corrected chi connectivity index (χ0v) is 12.6. The fourth-order valence-corrected chi connectivity index (χ4v) is 1.99. The van der Waals surface area contributed by atoms with Crippen LogP contribution >= 0.6 is 0 Å². The lowest BCUT2D eigenvalue weighted by molar-refractivity contribution is -0.192. The van der Waals surface area contributed by atoms with Crippen molar-refractivity contribution < 1.29 is 27.8 Å². The molecule has 1 fully saturated rings. The van der Waals surface area contributed by atoms with E-state index in [0.717, 1.165) is 25.3 Å². The van der Waals surface area contributed by atoms with E-state index in [2.05, 4.69) is 24.3 Å². The van der Waals surface area contributed by atoms with E-state index in [1.165, 1.54) is 0 Å². The van der Waals surface area contributed by atoms with Crippen LogP contribution in [0, 0.1) is 5.41 Å². The van der Waals surface area contributed by atoms with E-state index in [4.69, 9.17) is 14.6 Å². The van der Waals surface area contributed by atoms with Gasteiger partial charge in [0.05, 0.1) is 18.5 Å². The molecule has 1 aliphatic rings. The van der Waals surface area contributed by atoms with Crippen molar-refractivity contribution in [3.05, 3.63) is 12.4 Å². The number of rotatable bonds is 2. The Hall–Kier alpha value is -1.77. The Morgan fingerprint density at radius 3 is 2.55 bits per heavy atom. The molecular weight excluding hydrogens is 303 g/mol. The maximum Gasteiger partial charge on any atom is 0.490 e. The second-order valence-electron chi connectivity index (χ2n) is 5.73. The number of alkyl halides is 3. The van der Waals surface area contributed by atoms with Gasteiger partial charge in [0.2, 0.25) is 0 Å². The van der Waals surface area contributed by atoms with Gasteiger partial charge in [-0.2, -0.15) is 18.3 Å². The van der Waals surface area contributed by atoms with Crippen molar-refractivity contribution >= 4 is 11.7 Å².